The van der Waals surface area contributed by atoms with Gasteiger partial charge in [-0.2, -0.15) is 8.75 Å². The van der Waals surface area contributed by atoms with Crippen molar-refractivity contribution in [2.75, 3.05) is 0 Å². The monoisotopic (exact) mass is 438 g/mol. The number of aliphatic hydroxyl groups is 1. The van der Waals surface area contributed by atoms with E-state index in [2.05, 4.69) is 19.0 Å². The van der Waals surface area contributed by atoms with Gasteiger partial charge in [0.15, 0.2) is 0 Å². The van der Waals surface area contributed by atoms with E-state index in [4.69, 9.17) is 4.74 Å². The standard InChI is InChI=1S/C22H19FN4O3S/c1-22(2,29)14-6-5-13(17(23)10-14)12-25-20(28)16-4-3-9-24-21(16)30-15-7-8-18-19(11-15)27-31-26-18/h3-11,29H,12H2,1-2H3,(H,25,28). The van der Waals surface area contributed by atoms with Crippen molar-refractivity contribution in [3.63, 3.8) is 0 Å². The van der Waals surface area contributed by atoms with Crippen LogP contribution in [0.2, 0.25) is 0 Å². The van der Waals surface area contributed by atoms with E-state index in [1.54, 1.807) is 56.3 Å². The van der Waals surface area contributed by atoms with Crippen molar-refractivity contribution in [1.82, 2.24) is 19.0 Å². The molecule has 2 heterocycles. The van der Waals surface area contributed by atoms with Crippen LogP contribution in [0.3, 0.4) is 0 Å². The predicted octanol–water partition coefficient (Wildman–Crippen LogP) is 4.18. The molecule has 7 nitrogen and oxygen atoms in total. The molecule has 0 unspecified atom stereocenters. The first-order valence-electron chi connectivity index (χ1n) is 9.46. The molecule has 0 aliphatic rings. The van der Waals surface area contributed by atoms with Crippen molar-refractivity contribution in [3.8, 4) is 11.6 Å². The lowest BCUT2D eigenvalue weighted by Gasteiger charge is -2.18. The normalized spacial score (nSPS) is 11.5. The molecule has 158 valence electrons. The van der Waals surface area contributed by atoms with Crippen molar-refractivity contribution < 1.29 is 19.0 Å². The summed E-state index contributed by atoms with van der Waals surface area (Å²) in [4.78, 5) is 16.9. The Morgan fingerprint density at radius 2 is 1.97 bits per heavy atom. The molecule has 0 atom stereocenters. The molecule has 4 aromatic rings. The number of pyridine rings is 1. The van der Waals surface area contributed by atoms with Gasteiger partial charge in [-0.3, -0.25) is 4.79 Å². The predicted molar refractivity (Wildman–Crippen MR) is 115 cm³/mol. The molecule has 4 rings (SSSR count). The van der Waals surface area contributed by atoms with E-state index in [0.717, 1.165) is 17.2 Å². The van der Waals surface area contributed by atoms with E-state index < -0.39 is 17.3 Å². The smallest absolute Gasteiger partial charge is 0.257 e. The van der Waals surface area contributed by atoms with E-state index in [1.807, 2.05) is 0 Å². The van der Waals surface area contributed by atoms with Gasteiger partial charge in [0.25, 0.3) is 5.91 Å². The molecule has 9 heteroatoms. The van der Waals surface area contributed by atoms with Crippen molar-refractivity contribution in [3.05, 3.63) is 77.2 Å². The zero-order valence-corrected chi connectivity index (χ0v) is 17.6. The number of carbonyl (C=O) groups excluding carboxylic acids is 1. The number of benzene rings is 2. The van der Waals surface area contributed by atoms with Gasteiger partial charge in [-0.05, 0) is 49.7 Å². The fourth-order valence-corrected chi connectivity index (χ4v) is 3.44. The van der Waals surface area contributed by atoms with Gasteiger partial charge in [-0.1, -0.05) is 12.1 Å². The van der Waals surface area contributed by atoms with Crippen LogP contribution in [0, 0.1) is 5.82 Å². The van der Waals surface area contributed by atoms with Crippen molar-refractivity contribution >= 4 is 28.7 Å². The van der Waals surface area contributed by atoms with Gasteiger partial charge in [-0.25, -0.2) is 9.37 Å². The molecule has 0 fully saturated rings. The second-order valence-corrected chi connectivity index (χ2v) is 7.95. The summed E-state index contributed by atoms with van der Waals surface area (Å²) >= 11 is 1.10. The Balaban J connectivity index is 1.49. The Hall–Kier alpha value is -3.43. The van der Waals surface area contributed by atoms with Crippen LogP contribution in [0.5, 0.6) is 11.6 Å². The van der Waals surface area contributed by atoms with Gasteiger partial charge in [-0.15, -0.1) is 0 Å². The first kappa shape index (κ1) is 20.8. The molecule has 2 aromatic carbocycles. The first-order valence-corrected chi connectivity index (χ1v) is 10.2. The minimum absolute atomic E-state index is 0.0262. The number of hydrogen-bond acceptors (Lipinski definition) is 7. The number of ether oxygens (including phenoxy) is 1. The number of nitrogens with one attached hydrogen (secondary N) is 1. The minimum atomic E-state index is -1.15. The molecule has 0 saturated heterocycles. The number of nitrogens with zero attached hydrogens (tertiary/aromatic N) is 3. The van der Waals surface area contributed by atoms with Gasteiger partial charge in [0.2, 0.25) is 5.88 Å². The number of rotatable bonds is 6. The molecule has 0 radical (unpaired) electrons. The fraction of sp³-hybridized carbons (Fsp3) is 0.182. The van der Waals surface area contributed by atoms with Crippen molar-refractivity contribution in [1.29, 1.82) is 0 Å². The molecule has 0 bridgehead atoms. The summed E-state index contributed by atoms with van der Waals surface area (Å²) in [5.41, 5.74) is 1.27. The highest BCUT2D eigenvalue weighted by Gasteiger charge is 2.19. The van der Waals surface area contributed by atoms with Crippen LogP contribution in [0.1, 0.15) is 35.3 Å². The maximum Gasteiger partial charge on any atom is 0.257 e. The van der Waals surface area contributed by atoms with Gasteiger partial charge in [0.05, 0.1) is 17.3 Å². The fourth-order valence-electron chi connectivity index (χ4n) is 2.92. The zero-order valence-electron chi connectivity index (χ0n) is 16.8. The first-order chi connectivity index (χ1) is 14.8. The highest BCUT2D eigenvalue weighted by molar-refractivity contribution is 7.00. The van der Waals surface area contributed by atoms with E-state index in [0.29, 0.717) is 22.4 Å². The van der Waals surface area contributed by atoms with Crippen LogP contribution in [-0.4, -0.2) is 24.7 Å². The molecule has 0 spiro atoms. The Bertz CT molecular complexity index is 1250. The second kappa shape index (κ2) is 8.37. The topological polar surface area (TPSA) is 97.2 Å². The molecule has 2 N–H and O–H groups in total. The number of hydrogen-bond donors (Lipinski definition) is 2. The average molecular weight is 438 g/mol. The Morgan fingerprint density at radius 3 is 2.74 bits per heavy atom. The van der Waals surface area contributed by atoms with Crippen LogP contribution in [0.15, 0.2) is 54.7 Å². The summed E-state index contributed by atoms with van der Waals surface area (Å²) in [6.45, 7) is 3.13. The quantitative estimate of drug-likeness (QED) is 0.469. The molecule has 2 aromatic heterocycles. The summed E-state index contributed by atoms with van der Waals surface area (Å²) in [6, 6.07) is 12.9. The van der Waals surface area contributed by atoms with E-state index >= 15 is 0 Å². The molecular weight excluding hydrogens is 419 g/mol. The lowest BCUT2D eigenvalue weighted by molar-refractivity contribution is 0.0781. The van der Waals surface area contributed by atoms with Crippen LogP contribution < -0.4 is 10.1 Å². The molecule has 0 aliphatic carbocycles. The zero-order chi connectivity index (χ0) is 22.0. The third-order valence-electron chi connectivity index (χ3n) is 4.65. The Labute approximate surface area is 181 Å². The van der Waals surface area contributed by atoms with Crippen LogP contribution in [0.25, 0.3) is 11.0 Å². The number of fused-ring (bicyclic) bond motifs is 1. The highest BCUT2D eigenvalue weighted by Crippen LogP contribution is 2.26. The van der Waals surface area contributed by atoms with Crippen LogP contribution in [-0.2, 0) is 12.1 Å². The van der Waals surface area contributed by atoms with Gasteiger partial charge >= 0.3 is 0 Å². The Kier molecular flexibility index (Phi) is 5.62. The van der Waals surface area contributed by atoms with Gasteiger partial charge < -0.3 is 15.2 Å². The third-order valence-corrected chi connectivity index (χ3v) is 5.21. The number of aromatic nitrogens is 3. The van der Waals surface area contributed by atoms with Crippen LogP contribution in [0.4, 0.5) is 4.39 Å². The number of halogens is 1. The number of amides is 1. The summed E-state index contributed by atoms with van der Waals surface area (Å²) in [5, 5.41) is 12.7. The van der Waals surface area contributed by atoms with Crippen molar-refractivity contribution in [2.24, 2.45) is 0 Å². The largest absolute Gasteiger partial charge is 0.438 e. The molecule has 0 aliphatic heterocycles. The molecule has 1 amide bonds. The summed E-state index contributed by atoms with van der Waals surface area (Å²) in [5.74, 6) is -0.361. The molecule has 0 saturated carbocycles. The average Bonchev–Trinajstić information content (AvgIpc) is 3.20. The molecular formula is C22H19FN4O3S. The summed E-state index contributed by atoms with van der Waals surface area (Å²) in [6.07, 6.45) is 1.52. The minimum Gasteiger partial charge on any atom is -0.438 e. The van der Waals surface area contributed by atoms with Crippen LogP contribution >= 0.6 is 11.7 Å². The third kappa shape index (κ3) is 4.68. The Morgan fingerprint density at radius 1 is 1.16 bits per heavy atom. The highest BCUT2D eigenvalue weighted by atomic mass is 32.1. The lowest BCUT2D eigenvalue weighted by Crippen LogP contribution is -2.24. The van der Waals surface area contributed by atoms with Gasteiger partial charge in [0.1, 0.15) is 28.2 Å². The van der Waals surface area contributed by atoms with Crippen molar-refractivity contribution in [2.45, 2.75) is 26.0 Å². The lowest BCUT2D eigenvalue weighted by atomic mass is 9.97. The number of carbonyl (C=O) groups is 1. The molecule has 31 heavy (non-hydrogen) atoms. The SMILES string of the molecule is CC(C)(O)c1ccc(CNC(=O)c2cccnc2Oc2ccc3nsnc3c2)c(F)c1. The second-order valence-electron chi connectivity index (χ2n) is 7.42. The van der Waals surface area contributed by atoms with E-state index in [-0.39, 0.29) is 18.0 Å². The summed E-state index contributed by atoms with van der Waals surface area (Å²) < 4.78 is 28.5. The van der Waals surface area contributed by atoms with Gasteiger partial charge in [0, 0.05) is 24.4 Å². The maximum atomic E-state index is 14.4. The van der Waals surface area contributed by atoms with E-state index in [9.17, 15) is 14.3 Å². The maximum absolute atomic E-state index is 14.4. The van der Waals surface area contributed by atoms with E-state index in [1.165, 1.54) is 12.3 Å². The summed E-state index contributed by atoms with van der Waals surface area (Å²) in [7, 11) is 0.